The van der Waals surface area contributed by atoms with Crippen molar-refractivity contribution in [3.8, 4) is 0 Å². The summed E-state index contributed by atoms with van der Waals surface area (Å²) in [5.41, 5.74) is 6.73. The minimum absolute atomic E-state index is 0.0636. The molecule has 1 fully saturated rings. The third-order valence-electron chi connectivity index (χ3n) is 9.16. The molecule has 1 saturated carbocycles. The Labute approximate surface area is 189 Å². The van der Waals surface area contributed by atoms with Crippen LogP contribution in [0.4, 0.5) is 0 Å². The van der Waals surface area contributed by atoms with Gasteiger partial charge in [0.2, 0.25) is 0 Å². The Bertz CT molecular complexity index is 851. The van der Waals surface area contributed by atoms with Crippen molar-refractivity contribution in [3.05, 3.63) is 46.5 Å². The number of benzene rings is 1. The van der Waals surface area contributed by atoms with Gasteiger partial charge in [-0.15, -0.1) is 0 Å². The van der Waals surface area contributed by atoms with Crippen molar-refractivity contribution >= 4 is 5.97 Å². The molecule has 0 saturated heterocycles. The molecule has 170 valence electrons. The van der Waals surface area contributed by atoms with E-state index in [9.17, 15) is 4.79 Å². The molecule has 6 unspecified atom stereocenters. The molecule has 0 N–H and O–H groups in total. The van der Waals surface area contributed by atoms with Crippen molar-refractivity contribution < 1.29 is 9.53 Å². The van der Waals surface area contributed by atoms with E-state index >= 15 is 0 Å². The molecule has 1 aromatic rings. The highest BCUT2D eigenvalue weighted by molar-refractivity contribution is 5.66. The van der Waals surface area contributed by atoms with Crippen molar-refractivity contribution in [1.82, 2.24) is 0 Å². The predicted molar refractivity (Wildman–Crippen MR) is 128 cm³/mol. The maximum atomic E-state index is 11.4. The number of hydrogen-bond donors (Lipinski definition) is 0. The number of rotatable bonds is 5. The van der Waals surface area contributed by atoms with Gasteiger partial charge in [-0.3, -0.25) is 4.79 Å². The molecule has 3 aliphatic carbocycles. The van der Waals surface area contributed by atoms with Crippen LogP contribution in [0.1, 0.15) is 95.4 Å². The topological polar surface area (TPSA) is 26.3 Å². The monoisotopic (exact) mass is 422 g/mol. The molecular weight excluding hydrogens is 380 g/mol. The Kier molecular flexibility index (Phi) is 6.39. The third kappa shape index (κ3) is 4.24. The fraction of sp³-hybridized carbons (Fsp3) is 0.690. The van der Waals surface area contributed by atoms with Gasteiger partial charge in [0, 0.05) is 13.3 Å². The summed E-state index contributed by atoms with van der Waals surface area (Å²) in [6, 6.07) is 4.80. The summed E-state index contributed by atoms with van der Waals surface area (Å²) in [6.07, 6.45) is 13.2. The van der Waals surface area contributed by atoms with Gasteiger partial charge in [0.15, 0.2) is 0 Å². The van der Waals surface area contributed by atoms with E-state index in [1.165, 1.54) is 38.2 Å². The molecule has 0 aliphatic heterocycles. The molecule has 2 nitrogen and oxygen atoms in total. The lowest BCUT2D eigenvalue weighted by molar-refractivity contribution is -0.146. The van der Waals surface area contributed by atoms with E-state index in [1.807, 2.05) is 0 Å². The lowest BCUT2D eigenvalue weighted by atomic mass is 9.60. The average molecular weight is 423 g/mol. The van der Waals surface area contributed by atoms with Crippen LogP contribution in [-0.2, 0) is 28.8 Å². The van der Waals surface area contributed by atoms with Crippen LogP contribution >= 0.6 is 0 Å². The van der Waals surface area contributed by atoms with Gasteiger partial charge in [-0.1, -0.05) is 58.9 Å². The van der Waals surface area contributed by atoms with Crippen LogP contribution in [0, 0.1) is 29.1 Å². The third-order valence-corrected chi connectivity index (χ3v) is 9.16. The van der Waals surface area contributed by atoms with E-state index in [0.29, 0.717) is 29.1 Å². The number of fused-ring (bicyclic) bond motifs is 5. The summed E-state index contributed by atoms with van der Waals surface area (Å²) in [7, 11) is 0. The minimum atomic E-state index is -0.148. The van der Waals surface area contributed by atoms with E-state index in [1.54, 1.807) is 16.7 Å². The SMILES string of the molecule is CC(=O)OC1CCc2c(ccc3c2CCC2(C)C3CCC2C(C)C=CC(C)C(C)C)C1. The van der Waals surface area contributed by atoms with E-state index in [4.69, 9.17) is 4.74 Å². The second-order valence-electron chi connectivity index (χ2n) is 11.3. The van der Waals surface area contributed by atoms with Crippen LogP contribution < -0.4 is 0 Å². The summed E-state index contributed by atoms with van der Waals surface area (Å²) >= 11 is 0. The standard InChI is InChI=1S/C29H42O2/c1-18(2)19(3)7-8-20(4)27-13-14-28-26-11-9-22-17-23(31-21(5)30)10-12-24(22)25(26)15-16-29(27,28)6/h7-9,11,18-20,23,27-28H,10,12-17H2,1-6H3. The molecule has 0 aromatic heterocycles. The van der Waals surface area contributed by atoms with Gasteiger partial charge in [-0.2, -0.15) is 0 Å². The number of ether oxygens (including phenoxy) is 1. The summed E-state index contributed by atoms with van der Waals surface area (Å²) in [5.74, 6) is 3.36. The Hall–Kier alpha value is -1.57. The Morgan fingerprint density at radius 3 is 2.55 bits per heavy atom. The average Bonchev–Trinajstić information content (AvgIpc) is 3.08. The molecule has 31 heavy (non-hydrogen) atoms. The lowest BCUT2D eigenvalue weighted by Gasteiger charge is -2.45. The van der Waals surface area contributed by atoms with Crippen molar-refractivity contribution in [2.45, 2.75) is 98.5 Å². The smallest absolute Gasteiger partial charge is 0.302 e. The van der Waals surface area contributed by atoms with E-state index < -0.39 is 0 Å². The van der Waals surface area contributed by atoms with Crippen molar-refractivity contribution in [2.75, 3.05) is 0 Å². The van der Waals surface area contributed by atoms with Crippen LogP contribution in [-0.4, -0.2) is 12.1 Å². The van der Waals surface area contributed by atoms with Crippen LogP contribution in [0.5, 0.6) is 0 Å². The fourth-order valence-electron chi connectivity index (χ4n) is 6.97. The maximum Gasteiger partial charge on any atom is 0.302 e. The zero-order chi connectivity index (χ0) is 22.3. The molecule has 3 aliphatic rings. The second kappa shape index (κ2) is 8.75. The summed E-state index contributed by atoms with van der Waals surface area (Å²) in [6.45, 7) is 13.6. The number of allylic oxidation sites excluding steroid dienone is 2. The molecule has 0 heterocycles. The molecule has 2 heteroatoms. The Balaban J connectivity index is 1.55. The van der Waals surface area contributed by atoms with Gasteiger partial charge in [0.1, 0.15) is 6.10 Å². The number of carbonyl (C=O) groups is 1. The highest BCUT2D eigenvalue weighted by Gasteiger charge is 2.51. The van der Waals surface area contributed by atoms with Gasteiger partial charge < -0.3 is 4.74 Å². The van der Waals surface area contributed by atoms with Crippen LogP contribution in [0.25, 0.3) is 0 Å². The first-order valence-electron chi connectivity index (χ1n) is 12.7. The molecule has 0 bridgehead atoms. The highest BCUT2D eigenvalue weighted by atomic mass is 16.5. The zero-order valence-corrected chi connectivity index (χ0v) is 20.5. The number of esters is 1. The minimum Gasteiger partial charge on any atom is -0.462 e. The molecule has 0 radical (unpaired) electrons. The normalized spacial score (nSPS) is 31.8. The van der Waals surface area contributed by atoms with Crippen molar-refractivity contribution in [2.24, 2.45) is 29.1 Å². The van der Waals surface area contributed by atoms with Crippen LogP contribution in [0.3, 0.4) is 0 Å². The molecule has 1 aromatic carbocycles. The van der Waals surface area contributed by atoms with Crippen molar-refractivity contribution in [1.29, 1.82) is 0 Å². The molecule has 0 spiro atoms. The van der Waals surface area contributed by atoms with Gasteiger partial charge in [0.25, 0.3) is 0 Å². The molecular formula is C29H42O2. The number of carbonyl (C=O) groups excluding carboxylic acids is 1. The molecule has 0 amide bonds. The van der Waals surface area contributed by atoms with E-state index in [2.05, 4.69) is 58.9 Å². The van der Waals surface area contributed by atoms with Crippen LogP contribution in [0.2, 0.25) is 0 Å². The quantitative estimate of drug-likeness (QED) is 0.376. The summed E-state index contributed by atoms with van der Waals surface area (Å²) < 4.78 is 5.53. The Morgan fingerprint density at radius 2 is 1.84 bits per heavy atom. The van der Waals surface area contributed by atoms with Crippen molar-refractivity contribution in [3.63, 3.8) is 0 Å². The maximum absolute atomic E-state index is 11.4. The zero-order valence-electron chi connectivity index (χ0n) is 20.5. The number of hydrogen-bond acceptors (Lipinski definition) is 2. The molecule has 4 rings (SSSR count). The first-order chi connectivity index (χ1) is 14.7. The summed E-state index contributed by atoms with van der Waals surface area (Å²) in [5, 5.41) is 0. The first-order valence-corrected chi connectivity index (χ1v) is 12.7. The second-order valence-corrected chi connectivity index (χ2v) is 11.3. The first kappa shape index (κ1) is 22.6. The van der Waals surface area contributed by atoms with Gasteiger partial charge >= 0.3 is 5.97 Å². The lowest BCUT2D eigenvalue weighted by Crippen LogP contribution is -2.36. The van der Waals surface area contributed by atoms with E-state index in [0.717, 1.165) is 25.2 Å². The van der Waals surface area contributed by atoms with Gasteiger partial charge in [-0.25, -0.2) is 0 Å². The summed E-state index contributed by atoms with van der Waals surface area (Å²) in [4.78, 5) is 11.4. The van der Waals surface area contributed by atoms with Gasteiger partial charge in [-0.05, 0) is 95.8 Å². The Morgan fingerprint density at radius 1 is 1.06 bits per heavy atom. The highest BCUT2D eigenvalue weighted by Crippen LogP contribution is 2.61. The molecule has 6 atom stereocenters. The predicted octanol–water partition coefficient (Wildman–Crippen LogP) is 7.04. The van der Waals surface area contributed by atoms with E-state index in [-0.39, 0.29) is 12.1 Å². The largest absolute Gasteiger partial charge is 0.462 e. The van der Waals surface area contributed by atoms with Gasteiger partial charge in [0.05, 0.1) is 0 Å². The fourth-order valence-corrected chi connectivity index (χ4v) is 6.97. The van der Waals surface area contributed by atoms with Crippen LogP contribution in [0.15, 0.2) is 24.3 Å².